The molecule has 1 heterocycles. The minimum atomic E-state index is 0. The van der Waals surface area contributed by atoms with Gasteiger partial charge in [0.1, 0.15) is 0 Å². The zero-order valence-corrected chi connectivity index (χ0v) is 18.7. The SMILES string of the molecule is CCNC(=NCc1ccccc1CN1CCC(C)CC1)NCC1CC1.I. The van der Waals surface area contributed by atoms with Gasteiger partial charge >= 0.3 is 0 Å². The Labute approximate surface area is 176 Å². The minimum absolute atomic E-state index is 0. The monoisotopic (exact) mass is 470 g/mol. The van der Waals surface area contributed by atoms with Gasteiger partial charge in [-0.3, -0.25) is 4.90 Å². The standard InChI is InChI=1S/C21H34N4.HI/c1-3-22-21(23-14-18-8-9-18)24-15-19-6-4-5-7-20(19)16-25-12-10-17(2)11-13-25;/h4-7,17-18H,3,8-16H2,1-2H3,(H2,22,23,24);1H. The normalized spacial score (nSPS) is 19.1. The van der Waals surface area contributed by atoms with Gasteiger partial charge in [0.15, 0.2) is 5.96 Å². The third kappa shape index (κ3) is 7.06. The highest BCUT2D eigenvalue weighted by molar-refractivity contribution is 14.0. The van der Waals surface area contributed by atoms with E-state index in [4.69, 9.17) is 4.99 Å². The molecule has 0 radical (unpaired) electrons. The smallest absolute Gasteiger partial charge is 0.191 e. The summed E-state index contributed by atoms with van der Waals surface area (Å²) in [6.45, 7) is 10.7. The molecule has 1 aromatic carbocycles. The number of aliphatic imine (C=N–C) groups is 1. The van der Waals surface area contributed by atoms with Crippen molar-refractivity contribution in [1.29, 1.82) is 0 Å². The summed E-state index contributed by atoms with van der Waals surface area (Å²) in [7, 11) is 0. The predicted molar refractivity (Wildman–Crippen MR) is 121 cm³/mol. The number of nitrogens with one attached hydrogen (secondary N) is 2. The quantitative estimate of drug-likeness (QED) is 0.360. The molecule has 1 aliphatic heterocycles. The molecule has 0 bridgehead atoms. The molecule has 0 spiro atoms. The van der Waals surface area contributed by atoms with Gasteiger partial charge in [0.25, 0.3) is 0 Å². The molecule has 1 aromatic rings. The lowest BCUT2D eigenvalue weighted by molar-refractivity contribution is 0.185. The summed E-state index contributed by atoms with van der Waals surface area (Å²) in [5, 5.41) is 6.86. The second kappa shape index (κ2) is 11.1. The molecule has 0 aromatic heterocycles. The average Bonchev–Trinajstić information content (AvgIpc) is 3.45. The van der Waals surface area contributed by atoms with Crippen LogP contribution in [-0.2, 0) is 13.1 Å². The molecular weight excluding hydrogens is 435 g/mol. The third-order valence-electron chi connectivity index (χ3n) is 5.40. The van der Waals surface area contributed by atoms with Gasteiger partial charge < -0.3 is 10.6 Å². The summed E-state index contributed by atoms with van der Waals surface area (Å²) < 4.78 is 0. The van der Waals surface area contributed by atoms with Crippen LogP contribution in [-0.4, -0.2) is 37.0 Å². The Kier molecular flexibility index (Phi) is 9.19. The first kappa shape index (κ1) is 21.5. The lowest BCUT2D eigenvalue weighted by Crippen LogP contribution is -2.38. The maximum absolute atomic E-state index is 4.83. The number of nitrogens with zero attached hydrogens (tertiary/aromatic N) is 2. The second-order valence-electron chi connectivity index (χ2n) is 7.75. The molecule has 1 saturated carbocycles. The second-order valence-corrected chi connectivity index (χ2v) is 7.75. The molecule has 0 amide bonds. The Balaban J connectivity index is 0.00000243. The van der Waals surface area contributed by atoms with Crippen molar-refractivity contribution in [3.05, 3.63) is 35.4 Å². The summed E-state index contributed by atoms with van der Waals surface area (Å²) in [6, 6.07) is 8.80. The van der Waals surface area contributed by atoms with Crippen LogP contribution in [0.1, 0.15) is 50.7 Å². The maximum Gasteiger partial charge on any atom is 0.191 e. The van der Waals surface area contributed by atoms with E-state index in [0.29, 0.717) is 0 Å². The van der Waals surface area contributed by atoms with Crippen LogP contribution >= 0.6 is 24.0 Å². The van der Waals surface area contributed by atoms with E-state index in [1.54, 1.807) is 0 Å². The van der Waals surface area contributed by atoms with Crippen molar-refractivity contribution in [1.82, 2.24) is 15.5 Å². The lowest BCUT2D eigenvalue weighted by Gasteiger charge is -2.30. The maximum atomic E-state index is 4.83. The van der Waals surface area contributed by atoms with E-state index >= 15 is 0 Å². The van der Waals surface area contributed by atoms with E-state index in [1.807, 2.05) is 0 Å². The largest absolute Gasteiger partial charge is 0.357 e. The molecule has 146 valence electrons. The summed E-state index contributed by atoms with van der Waals surface area (Å²) in [4.78, 5) is 7.42. The molecule has 2 fully saturated rings. The van der Waals surface area contributed by atoms with Crippen LogP contribution in [0.2, 0.25) is 0 Å². The summed E-state index contributed by atoms with van der Waals surface area (Å²) in [5.74, 6) is 2.70. The molecule has 3 rings (SSSR count). The Hall–Kier alpha value is -0.820. The van der Waals surface area contributed by atoms with Crippen LogP contribution in [0.15, 0.2) is 29.3 Å². The van der Waals surface area contributed by atoms with Gasteiger partial charge in [-0.05, 0) is 68.7 Å². The van der Waals surface area contributed by atoms with Crippen molar-refractivity contribution >= 4 is 29.9 Å². The van der Waals surface area contributed by atoms with Crippen LogP contribution < -0.4 is 10.6 Å². The molecule has 26 heavy (non-hydrogen) atoms. The molecule has 5 heteroatoms. The molecule has 2 aliphatic rings. The first-order valence-corrected chi connectivity index (χ1v) is 10.1. The van der Waals surface area contributed by atoms with Crippen molar-refractivity contribution in [2.24, 2.45) is 16.8 Å². The summed E-state index contributed by atoms with van der Waals surface area (Å²) in [6.07, 6.45) is 5.39. The molecular formula is C21H35IN4. The van der Waals surface area contributed by atoms with Gasteiger partial charge in [0.2, 0.25) is 0 Å². The minimum Gasteiger partial charge on any atom is -0.357 e. The van der Waals surface area contributed by atoms with Gasteiger partial charge in [-0.2, -0.15) is 0 Å². The first-order chi connectivity index (χ1) is 12.2. The van der Waals surface area contributed by atoms with Crippen LogP contribution in [0.3, 0.4) is 0 Å². The van der Waals surface area contributed by atoms with E-state index < -0.39 is 0 Å². The van der Waals surface area contributed by atoms with E-state index in [2.05, 4.69) is 53.6 Å². The Bertz CT molecular complexity index is 563. The van der Waals surface area contributed by atoms with Gasteiger partial charge in [0.05, 0.1) is 6.54 Å². The van der Waals surface area contributed by atoms with Crippen molar-refractivity contribution in [3.63, 3.8) is 0 Å². The Morgan fingerprint density at radius 2 is 1.77 bits per heavy atom. The molecule has 2 N–H and O–H groups in total. The highest BCUT2D eigenvalue weighted by Crippen LogP contribution is 2.27. The van der Waals surface area contributed by atoms with Gasteiger partial charge in [-0.1, -0.05) is 31.2 Å². The molecule has 1 saturated heterocycles. The highest BCUT2D eigenvalue weighted by atomic mass is 127. The Morgan fingerprint density at radius 3 is 2.42 bits per heavy atom. The van der Waals surface area contributed by atoms with Crippen LogP contribution in [0.4, 0.5) is 0 Å². The van der Waals surface area contributed by atoms with Crippen molar-refractivity contribution < 1.29 is 0 Å². The fraction of sp³-hybridized carbons (Fsp3) is 0.667. The van der Waals surface area contributed by atoms with Crippen LogP contribution in [0.5, 0.6) is 0 Å². The fourth-order valence-electron chi connectivity index (χ4n) is 3.40. The fourth-order valence-corrected chi connectivity index (χ4v) is 3.40. The number of hydrogen-bond acceptors (Lipinski definition) is 2. The number of piperidine rings is 1. The van der Waals surface area contributed by atoms with Crippen molar-refractivity contribution in [2.75, 3.05) is 26.2 Å². The van der Waals surface area contributed by atoms with Crippen LogP contribution in [0.25, 0.3) is 0 Å². The number of hydrogen-bond donors (Lipinski definition) is 2. The molecule has 0 atom stereocenters. The van der Waals surface area contributed by atoms with E-state index in [1.165, 1.54) is 49.9 Å². The third-order valence-corrected chi connectivity index (χ3v) is 5.40. The van der Waals surface area contributed by atoms with E-state index in [0.717, 1.165) is 44.0 Å². The van der Waals surface area contributed by atoms with Crippen molar-refractivity contribution in [3.8, 4) is 0 Å². The number of benzene rings is 1. The van der Waals surface area contributed by atoms with Crippen LogP contribution in [0, 0.1) is 11.8 Å². The van der Waals surface area contributed by atoms with Crippen molar-refractivity contribution in [2.45, 2.75) is 52.6 Å². The summed E-state index contributed by atoms with van der Waals surface area (Å²) in [5.41, 5.74) is 2.78. The number of guanidine groups is 1. The van der Waals surface area contributed by atoms with E-state index in [9.17, 15) is 0 Å². The van der Waals surface area contributed by atoms with E-state index in [-0.39, 0.29) is 24.0 Å². The highest BCUT2D eigenvalue weighted by Gasteiger charge is 2.21. The lowest BCUT2D eigenvalue weighted by atomic mass is 9.98. The predicted octanol–water partition coefficient (Wildman–Crippen LogP) is 4.00. The summed E-state index contributed by atoms with van der Waals surface area (Å²) >= 11 is 0. The zero-order chi connectivity index (χ0) is 17.5. The number of halogens is 1. The first-order valence-electron chi connectivity index (χ1n) is 10.1. The molecule has 0 unspecified atom stereocenters. The average molecular weight is 470 g/mol. The zero-order valence-electron chi connectivity index (χ0n) is 16.3. The number of rotatable bonds is 7. The Morgan fingerprint density at radius 1 is 1.08 bits per heavy atom. The number of likely N-dealkylation sites (tertiary alicyclic amines) is 1. The molecule has 1 aliphatic carbocycles. The topological polar surface area (TPSA) is 39.7 Å². The van der Waals surface area contributed by atoms with Gasteiger partial charge in [-0.15, -0.1) is 24.0 Å². The van der Waals surface area contributed by atoms with Gasteiger partial charge in [0, 0.05) is 19.6 Å². The molecule has 4 nitrogen and oxygen atoms in total. The van der Waals surface area contributed by atoms with Gasteiger partial charge in [-0.25, -0.2) is 4.99 Å².